The highest BCUT2D eigenvalue weighted by Gasteiger charge is 2.45. The van der Waals surface area contributed by atoms with Gasteiger partial charge in [0.15, 0.2) is 0 Å². The molecule has 2 fully saturated rings. The molecule has 10 atom stereocenters. The van der Waals surface area contributed by atoms with Crippen LogP contribution in [-0.4, -0.2) is 120 Å². The molecule has 0 bridgehead atoms. The van der Waals surface area contributed by atoms with Crippen molar-refractivity contribution >= 4 is 0 Å². The number of hydrogen-bond acceptors (Lipinski definition) is 11. The predicted molar refractivity (Wildman–Crippen MR) is 162 cm³/mol. The van der Waals surface area contributed by atoms with Crippen LogP contribution in [0, 0.1) is 23.7 Å². The summed E-state index contributed by atoms with van der Waals surface area (Å²) in [4.78, 5) is 0. The second-order valence-corrected chi connectivity index (χ2v) is 11.6. The van der Waals surface area contributed by atoms with E-state index in [0.29, 0.717) is 27.8 Å². The summed E-state index contributed by atoms with van der Waals surface area (Å²) in [6.07, 6.45) is -13.7. The first kappa shape index (κ1) is 32.3. The Morgan fingerprint density at radius 1 is 0.565 bits per heavy atom. The summed E-state index contributed by atoms with van der Waals surface area (Å²) in [5.74, 6) is 11.4. The van der Waals surface area contributed by atoms with Gasteiger partial charge in [-0.05, 0) is 41.0 Å². The first-order valence-corrected chi connectivity index (χ1v) is 14.8. The number of aliphatic hydroxyl groups is 9. The molecular formula is C35H34O11. The van der Waals surface area contributed by atoms with E-state index >= 15 is 0 Å². The molecule has 0 spiro atoms. The molecule has 11 nitrogen and oxygen atoms in total. The van der Waals surface area contributed by atoms with Crippen LogP contribution in [0.1, 0.15) is 27.8 Å². The van der Waals surface area contributed by atoms with Gasteiger partial charge < -0.3 is 55.4 Å². The number of hydrogen-bond donors (Lipinski definition) is 9. The van der Waals surface area contributed by atoms with E-state index in [1.165, 1.54) is 0 Å². The first-order valence-electron chi connectivity index (χ1n) is 14.8. The van der Waals surface area contributed by atoms with E-state index in [1.807, 2.05) is 18.2 Å². The van der Waals surface area contributed by atoms with Gasteiger partial charge in [-0.1, -0.05) is 66.1 Å². The minimum absolute atomic E-state index is 0.473. The third-order valence-electron chi connectivity index (χ3n) is 8.80. The van der Waals surface area contributed by atoms with Crippen molar-refractivity contribution in [2.24, 2.45) is 0 Å². The lowest BCUT2D eigenvalue weighted by molar-refractivity contribution is -0.214. The summed E-state index contributed by atoms with van der Waals surface area (Å²) in [7, 11) is 0. The Hall–Kier alpha value is -3.66. The molecular weight excluding hydrogens is 596 g/mol. The second kappa shape index (κ2) is 12.9. The molecule has 2 saturated heterocycles. The zero-order valence-corrected chi connectivity index (χ0v) is 24.4. The van der Waals surface area contributed by atoms with Crippen LogP contribution in [0.5, 0.6) is 0 Å². The van der Waals surface area contributed by atoms with E-state index in [-0.39, 0.29) is 0 Å². The van der Waals surface area contributed by atoms with Gasteiger partial charge in [-0.2, -0.15) is 0 Å². The molecule has 2 heterocycles. The van der Waals surface area contributed by atoms with Gasteiger partial charge in [-0.3, -0.25) is 0 Å². The quantitative estimate of drug-likeness (QED) is 0.150. The van der Waals surface area contributed by atoms with Crippen molar-refractivity contribution < 1.29 is 55.4 Å². The summed E-state index contributed by atoms with van der Waals surface area (Å²) >= 11 is 0. The van der Waals surface area contributed by atoms with Gasteiger partial charge in [0.1, 0.15) is 66.6 Å². The lowest BCUT2D eigenvalue weighted by Crippen LogP contribution is -2.58. The molecule has 1 aliphatic carbocycles. The van der Waals surface area contributed by atoms with Crippen LogP contribution in [0.4, 0.5) is 0 Å². The van der Waals surface area contributed by atoms with Crippen molar-refractivity contribution in [2.75, 3.05) is 13.2 Å². The van der Waals surface area contributed by atoms with Crippen molar-refractivity contribution in [3.8, 4) is 34.8 Å². The highest BCUT2D eigenvalue weighted by atomic mass is 16.5. The van der Waals surface area contributed by atoms with E-state index in [4.69, 9.17) is 9.47 Å². The maximum absolute atomic E-state index is 12.5. The summed E-state index contributed by atoms with van der Waals surface area (Å²) in [6.45, 7) is -1.14. The van der Waals surface area contributed by atoms with Gasteiger partial charge >= 0.3 is 0 Å². The van der Waals surface area contributed by atoms with Crippen LogP contribution in [0.3, 0.4) is 0 Å². The van der Waals surface area contributed by atoms with E-state index in [9.17, 15) is 46.0 Å². The molecule has 240 valence electrons. The highest BCUT2D eigenvalue weighted by molar-refractivity contribution is 5.83. The normalized spacial score (nSPS) is 34.8. The van der Waals surface area contributed by atoms with Crippen molar-refractivity contribution in [3.05, 3.63) is 94.5 Å². The summed E-state index contributed by atoms with van der Waals surface area (Å²) in [5.41, 5.74) is 2.45. The SMILES string of the molecule is OC[C@H]1O[C@H](C#Cc2ccc3c(c2)C(O)(c2ccccc2)c2cc(C#C[C@H]4O[C@H](CO)[C@@H](O)[C@H](O)[C@@H]4O)ccc2-3)[C@@H](O)[C@@H](O)[C@@H]1O. The fourth-order valence-electron chi connectivity index (χ4n) is 6.20. The predicted octanol–water partition coefficient (Wildman–Crippen LogP) is -1.66. The van der Waals surface area contributed by atoms with Crippen molar-refractivity contribution in [1.82, 2.24) is 0 Å². The molecule has 3 aromatic carbocycles. The number of rotatable bonds is 3. The average Bonchev–Trinajstić information content (AvgIpc) is 3.33. The second-order valence-electron chi connectivity index (χ2n) is 11.6. The lowest BCUT2D eigenvalue weighted by Gasteiger charge is -2.37. The minimum Gasteiger partial charge on any atom is -0.394 e. The fourth-order valence-corrected chi connectivity index (χ4v) is 6.20. The van der Waals surface area contributed by atoms with Gasteiger partial charge in [0.25, 0.3) is 0 Å². The van der Waals surface area contributed by atoms with Gasteiger partial charge in [0.05, 0.1) is 13.2 Å². The third kappa shape index (κ3) is 5.52. The van der Waals surface area contributed by atoms with Crippen LogP contribution in [0.2, 0.25) is 0 Å². The molecule has 11 heteroatoms. The van der Waals surface area contributed by atoms with Gasteiger partial charge in [-0.25, -0.2) is 0 Å². The maximum atomic E-state index is 12.5. The average molecular weight is 631 g/mol. The Bertz CT molecular complexity index is 1600. The lowest BCUT2D eigenvalue weighted by atomic mass is 9.83. The summed E-state index contributed by atoms with van der Waals surface area (Å²) in [6, 6.07) is 19.6. The van der Waals surface area contributed by atoms with Gasteiger partial charge in [0.2, 0.25) is 0 Å². The van der Waals surface area contributed by atoms with E-state index in [1.54, 1.807) is 48.5 Å². The molecule has 3 aliphatic rings. The fraction of sp³-hybridized carbons (Fsp3) is 0.371. The molecule has 2 aliphatic heterocycles. The van der Waals surface area contributed by atoms with Crippen LogP contribution in [0.25, 0.3) is 11.1 Å². The Kier molecular flexibility index (Phi) is 9.02. The van der Waals surface area contributed by atoms with Crippen molar-refractivity contribution in [2.45, 2.75) is 66.6 Å². The monoisotopic (exact) mass is 630 g/mol. The molecule has 3 aromatic rings. The first-order chi connectivity index (χ1) is 22.1. The maximum Gasteiger partial charge on any atom is 0.147 e. The van der Waals surface area contributed by atoms with Crippen LogP contribution in [-0.2, 0) is 15.1 Å². The van der Waals surface area contributed by atoms with Crippen LogP contribution in [0.15, 0.2) is 66.7 Å². The van der Waals surface area contributed by atoms with Crippen molar-refractivity contribution in [3.63, 3.8) is 0 Å². The largest absolute Gasteiger partial charge is 0.394 e. The molecule has 0 unspecified atom stereocenters. The standard InChI is InChI=1S/C35H34O11/c36-16-27-31(40)33(42)29(38)25(45-27)12-8-18-6-10-21-22-11-7-19(9-13-26-30(39)34(43)32(41)28(17-37)46-26)15-24(22)35(44,23(21)14-18)20-4-2-1-3-5-20/h1-7,10-11,14-15,25-34,36-44H,16-17H2/t25-,26-,27-,28-,29-,30-,31-,32-,33-,34-/m1/s1. The smallest absolute Gasteiger partial charge is 0.147 e. The molecule has 46 heavy (non-hydrogen) atoms. The Balaban J connectivity index is 1.36. The topological polar surface area (TPSA) is 201 Å². The van der Waals surface area contributed by atoms with Gasteiger partial charge in [-0.15, -0.1) is 0 Å². The molecule has 0 amide bonds. The number of ether oxygens (including phenoxy) is 2. The van der Waals surface area contributed by atoms with E-state index in [0.717, 1.165) is 11.1 Å². The highest BCUT2D eigenvalue weighted by Crippen LogP contribution is 2.51. The number of fused-ring (bicyclic) bond motifs is 3. The van der Waals surface area contributed by atoms with Gasteiger partial charge in [0, 0.05) is 22.3 Å². The van der Waals surface area contributed by atoms with Crippen LogP contribution < -0.4 is 0 Å². The summed E-state index contributed by atoms with van der Waals surface area (Å²) < 4.78 is 11.0. The number of aliphatic hydroxyl groups excluding tert-OH is 8. The molecule has 0 radical (unpaired) electrons. The number of benzene rings is 3. The Morgan fingerprint density at radius 2 is 1.00 bits per heavy atom. The van der Waals surface area contributed by atoms with E-state index < -0.39 is 79.9 Å². The Labute approximate surface area is 264 Å². The molecule has 0 saturated carbocycles. The zero-order valence-electron chi connectivity index (χ0n) is 24.4. The minimum atomic E-state index is -1.63. The molecule has 9 N–H and O–H groups in total. The van der Waals surface area contributed by atoms with Crippen molar-refractivity contribution in [1.29, 1.82) is 0 Å². The Morgan fingerprint density at radius 3 is 1.41 bits per heavy atom. The zero-order chi connectivity index (χ0) is 32.7. The van der Waals surface area contributed by atoms with E-state index in [2.05, 4.69) is 23.7 Å². The molecule has 6 rings (SSSR count). The molecule has 0 aromatic heterocycles. The van der Waals surface area contributed by atoms with Crippen LogP contribution >= 0.6 is 0 Å². The third-order valence-corrected chi connectivity index (χ3v) is 8.80. The summed E-state index contributed by atoms with van der Waals surface area (Å²) in [5, 5.41) is 92.6.